The summed E-state index contributed by atoms with van der Waals surface area (Å²) in [5.74, 6) is 0. The third-order valence-electron chi connectivity index (χ3n) is 1.49. The van der Waals surface area contributed by atoms with Gasteiger partial charge in [-0.3, -0.25) is 10.1 Å². The molecule has 1 radical (unpaired) electrons. The molecule has 0 aromatic heterocycles. The summed E-state index contributed by atoms with van der Waals surface area (Å²) in [5, 5.41) is 10.4. The van der Waals surface area contributed by atoms with Crippen molar-refractivity contribution in [2.24, 2.45) is 0 Å². The number of hydrogen-bond acceptors (Lipinski definition) is 2. The Balaban J connectivity index is 3.07. The Morgan fingerprint density at radius 3 is 3.08 bits per heavy atom. The first kappa shape index (κ1) is 8.46. The highest BCUT2D eigenvalue weighted by Gasteiger charge is 2.09. The predicted octanol–water partition coefficient (Wildman–Crippen LogP) is 2.12. The van der Waals surface area contributed by atoms with Crippen molar-refractivity contribution in [1.29, 1.82) is 0 Å². The summed E-state index contributed by atoms with van der Waals surface area (Å²) >= 11 is 0. The van der Waals surface area contributed by atoms with Crippen LogP contribution in [-0.2, 0) is 6.42 Å². The lowest BCUT2D eigenvalue weighted by atomic mass is 10.1. The SMILES string of the molecule is C=CCc1cc[c]cc1[N+](=O)[O-]. The van der Waals surface area contributed by atoms with Crippen molar-refractivity contribution in [2.45, 2.75) is 6.42 Å². The molecule has 1 aromatic carbocycles. The Bertz CT molecular complexity index is 307. The Hall–Kier alpha value is -1.64. The molecule has 0 bridgehead atoms. The largest absolute Gasteiger partial charge is 0.273 e. The van der Waals surface area contributed by atoms with Gasteiger partial charge in [-0.25, -0.2) is 0 Å². The van der Waals surface area contributed by atoms with Crippen molar-refractivity contribution in [1.82, 2.24) is 0 Å². The second-order valence-corrected chi connectivity index (χ2v) is 2.30. The lowest BCUT2D eigenvalue weighted by Crippen LogP contribution is -1.93. The monoisotopic (exact) mass is 162 g/mol. The first-order valence-electron chi connectivity index (χ1n) is 3.50. The lowest BCUT2D eigenvalue weighted by molar-refractivity contribution is -0.385. The fourth-order valence-corrected chi connectivity index (χ4v) is 0.952. The summed E-state index contributed by atoms with van der Waals surface area (Å²) in [4.78, 5) is 10.0. The van der Waals surface area contributed by atoms with E-state index >= 15 is 0 Å². The van der Waals surface area contributed by atoms with Gasteiger partial charge in [0.15, 0.2) is 0 Å². The van der Waals surface area contributed by atoms with E-state index < -0.39 is 4.92 Å². The van der Waals surface area contributed by atoms with Crippen molar-refractivity contribution in [3.63, 3.8) is 0 Å². The maximum absolute atomic E-state index is 10.4. The summed E-state index contributed by atoms with van der Waals surface area (Å²) < 4.78 is 0. The van der Waals surface area contributed by atoms with E-state index in [9.17, 15) is 10.1 Å². The van der Waals surface area contributed by atoms with Crippen LogP contribution in [0, 0.1) is 16.2 Å². The molecule has 0 spiro atoms. The zero-order valence-electron chi connectivity index (χ0n) is 6.49. The normalized spacial score (nSPS) is 9.33. The minimum Gasteiger partial charge on any atom is -0.258 e. The van der Waals surface area contributed by atoms with E-state index in [0.717, 1.165) is 0 Å². The van der Waals surface area contributed by atoms with E-state index in [1.807, 2.05) is 0 Å². The second-order valence-electron chi connectivity index (χ2n) is 2.30. The van der Waals surface area contributed by atoms with Gasteiger partial charge in [0.05, 0.1) is 4.92 Å². The second kappa shape index (κ2) is 3.67. The van der Waals surface area contributed by atoms with Gasteiger partial charge in [0, 0.05) is 11.6 Å². The van der Waals surface area contributed by atoms with Gasteiger partial charge in [0.1, 0.15) is 0 Å². The molecule has 0 N–H and O–H groups in total. The Morgan fingerprint density at radius 1 is 1.75 bits per heavy atom. The van der Waals surface area contributed by atoms with Crippen LogP contribution in [0.1, 0.15) is 5.56 Å². The number of hydrogen-bond donors (Lipinski definition) is 0. The van der Waals surface area contributed by atoms with Crippen LogP contribution in [0.15, 0.2) is 30.9 Å². The van der Waals surface area contributed by atoms with Crippen LogP contribution in [0.3, 0.4) is 0 Å². The summed E-state index contributed by atoms with van der Waals surface area (Å²) in [6.45, 7) is 3.52. The summed E-state index contributed by atoms with van der Waals surface area (Å²) in [5.41, 5.74) is 0.783. The number of allylic oxidation sites excluding steroid dienone is 1. The maximum Gasteiger partial charge on any atom is 0.273 e. The van der Waals surface area contributed by atoms with E-state index in [1.54, 1.807) is 18.2 Å². The molecule has 0 saturated heterocycles. The Morgan fingerprint density at radius 2 is 2.50 bits per heavy atom. The number of nitrogens with zero attached hydrogens (tertiary/aromatic N) is 1. The van der Waals surface area contributed by atoms with Crippen molar-refractivity contribution in [3.8, 4) is 0 Å². The molecule has 0 aliphatic rings. The molecule has 0 aliphatic heterocycles. The van der Waals surface area contributed by atoms with E-state index in [0.29, 0.717) is 12.0 Å². The summed E-state index contributed by atoms with van der Waals surface area (Å²) in [7, 11) is 0. The average Bonchev–Trinajstić information content (AvgIpc) is 2.05. The minimum absolute atomic E-state index is 0.109. The quantitative estimate of drug-likeness (QED) is 0.388. The third-order valence-corrected chi connectivity index (χ3v) is 1.49. The highest BCUT2D eigenvalue weighted by molar-refractivity contribution is 5.40. The van der Waals surface area contributed by atoms with Crippen LogP contribution >= 0.6 is 0 Å². The van der Waals surface area contributed by atoms with E-state index in [1.165, 1.54) is 6.07 Å². The number of benzene rings is 1. The van der Waals surface area contributed by atoms with Crippen molar-refractivity contribution in [3.05, 3.63) is 52.6 Å². The summed E-state index contributed by atoms with van der Waals surface area (Å²) in [6.07, 6.45) is 2.16. The molecule has 0 aliphatic carbocycles. The van der Waals surface area contributed by atoms with Crippen LogP contribution in [0.4, 0.5) is 5.69 Å². The molecular formula is C9H8NO2. The van der Waals surface area contributed by atoms with Gasteiger partial charge in [-0.15, -0.1) is 6.58 Å². The zero-order chi connectivity index (χ0) is 8.97. The van der Waals surface area contributed by atoms with Gasteiger partial charge in [0.25, 0.3) is 5.69 Å². The van der Waals surface area contributed by atoms with Crippen LogP contribution in [0.2, 0.25) is 0 Å². The minimum atomic E-state index is -0.407. The third kappa shape index (κ3) is 1.69. The van der Waals surface area contributed by atoms with Crippen LogP contribution in [0.5, 0.6) is 0 Å². The fraction of sp³-hybridized carbons (Fsp3) is 0.111. The molecule has 3 heteroatoms. The number of nitro groups is 1. The average molecular weight is 162 g/mol. The van der Waals surface area contributed by atoms with Crippen LogP contribution < -0.4 is 0 Å². The van der Waals surface area contributed by atoms with Gasteiger partial charge >= 0.3 is 0 Å². The van der Waals surface area contributed by atoms with Crippen LogP contribution in [-0.4, -0.2) is 4.92 Å². The highest BCUT2D eigenvalue weighted by atomic mass is 16.6. The Kier molecular flexibility index (Phi) is 2.58. The van der Waals surface area contributed by atoms with Gasteiger partial charge in [-0.05, 0) is 12.5 Å². The topological polar surface area (TPSA) is 43.1 Å². The van der Waals surface area contributed by atoms with Crippen molar-refractivity contribution >= 4 is 5.69 Å². The molecule has 0 amide bonds. The van der Waals surface area contributed by atoms with Gasteiger partial charge in [-0.2, -0.15) is 0 Å². The molecule has 12 heavy (non-hydrogen) atoms. The standard InChI is InChI=1S/C9H8NO2/c1-2-5-8-6-3-4-7-9(8)10(11)12/h2-3,6-7H,1,5H2. The Labute approximate surface area is 70.5 Å². The molecule has 0 saturated carbocycles. The molecule has 61 valence electrons. The zero-order valence-corrected chi connectivity index (χ0v) is 6.49. The van der Waals surface area contributed by atoms with Gasteiger partial charge < -0.3 is 0 Å². The molecule has 3 nitrogen and oxygen atoms in total. The first-order valence-corrected chi connectivity index (χ1v) is 3.50. The van der Waals surface area contributed by atoms with E-state index in [2.05, 4.69) is 12.6 Å². The fourth-order valence-electron chi connectivity index (χ4n) is 0.952. The lowest BCUT2D eigenvalue weighted by Gasteiger charge is -1.96. The van der Waals surface area contributed by atoms with Gasteiger partial charge in [0.2, 0.25) is 0 Å². The highest BCUT2D eigenvalue weighted by Crippen LogP contribution is 2.17. The van der Waals surface area contributed by atoms with Crippen molar-refractivity contribution < 1.29 is 4.92 Å². The number of nitro benzene ring substituents is 1. The molecule has 0 heterocycles. The summed E-state index contributed by atoms with van der Waals surface area (Å²) in [6, 6.07) is 7.38. The molecule has 0 atom stereocenters. The first-order chi connectivity index (χ1) is 5.75. The number of rotatable bonds is 3. The van der Waals surface area contributed by atoms with Crippen LogP contribution in [0.25, 0.3) is 0 Å². The molecule has 0 fully saturated rings. The van der Waals surface area contributed by atoms with E-state index in [-0.39, 0.29) is 5.69 Å². The molecular weight excluding hydrogens is 154 g/mol. The van der Waals surface area contributed by atoms with E-state index in [4.69, 9.17) is 0 Å². The smallest absolute Gasteiger partial charge is 0.258 e. The molecule has 1 rings (SSSR count). The molecule has 0 unspecified atom stereocenters. The van der Waals surface area contributed by atoms with Crippen molar-refractivity contribution in [2.75, 3.05) is 0 Å². The van der Waals surface area contributed by atoms with Gasteiger partial charge in [-0.1, -0.05) is 18.2 Å². The predicted molar refractivity (Wildman–Crippen MR) is 45.8 cm³/mol. The molecule has 1 aromatic rings. The maximum atomic E-state index is 10.4.